The third-order valence-electron chi connectivity index (χ3n) is 3.09. The number of allylic oxidation sites excluding steroid dienone is 2. The number of carboxylic acid groups (broad SMARTS) is 1. The Kier molecular flexibility index (Phi) is 4.49. The molecule has 0 aliphatic heterocycles. The van der Waals surface area contributed by atoms with Gasteiger partial charge in [0.15, 0.2) is 0 Å². The summed E-state index contributed by atoms with van der Waals surface area (Å²) in [5.41, 5.74) is -0.640. The molecule has 0 radical (unpaired) electrons. The molecule has 98 valence electrons. The van der Waals surface area contributed by atoms with Crippen LogP contribution < -0.4 is 5.32 Å². The van der Waals surface area contributed by atoms with Gasteiger partial charge in [0.25, 0.3) is 0 Å². The number of amides is 1. The number of carbonyl (C=O) groups excluding carboxylic acids is 1. The number of hydrogen-bond acceptors (Lipinski definition) is 3. The Bertz CT molecular complexity index is 407. The summed E-state index contributed by atoms with van der Waals surface area (Å²) in [7, 11) is 0. The van der Waals surface area contributed by atoms with Gasteiger partial charge < -0.3 is 10.4 Å². The Morgan fingerprint density at radius 1 is 1.39 bits per heavy atom. The first-order chi connectivity index (χ1) is 8.37. The van der Waals surface area contributed by atoms with E-state index in [-0.39, 0.29) is 12.5 Å². The first-order valence-corrected chi connectivity index (χ1v) is 5.94. The van der Waals surface area contributed by atoms with Crippen molar-refractivity contribution in [3.05, 3.63) is 12.2 Å². The van der Waals surface area contributed by atoms with E-state index in [0.717, 1.165) is 0 Å². The van der Waals surface area contributed by atoms with Crippen molar-refractivity contribution in [1.82, 2.24) is 5.32 Å². The predicted molar refractivity (Wildman–Crippen MR) is 65.4 cm³/mol. The Morgan fingerprint density at radius 3 is 2.44 bits per heavy atom. The highest BCUT2D eigenvalue weighted by Gasteiger charge is 2.34. The van der Waals surface area contributed by atoms with Gasteiger partial charge in [0.05, 0.1) is 23.3 Å². The molecule has 1 aliphatic rings. The van der Waals surface area contributed by atoms with E-state index in [0.29, 0.717) is 12.8 Å². The molecule has 1 aliphatic carbocycles. The van der Waals surface area contributed by atoms with E-state index in [2.05, 4.69) is 11.4 Å². The number of rotatable bonds is 4. The molecule has 18 heavy (non-hydrogen) atoms. The van der Waals surface area contributed by atoms with E-state index < -0.39 is 23.2 Å². The lowest BCUT2D eigenvalue weighted by atomic mass is 9.82. The molecule has 2 atom stereocenters. The number of nitrogens with one attached hydrogen (secondary N) is 1. The van der Waals surface area contributed by atoms with Gasteiger partial charge in [0, 0.05) is 6.54 Å². The van der Waals surface area contributed by atoms with Gasteiger partial charge in [-0.1, -0.05) is 12.2 Å². The molecule has 0 aromatic rings. The van der Waals surface area contributed by atoms with Crippen LogP contribution in [-0.2, 0) is 9.59 Å². The van der Waals surface area contributed by atoms with Crippen molar-refractivity contribution in [2.75, 3.05) is 6.54 Å². The Balaban J connectivity index is 2.63. The Hall–Kier alpha value is -1.83. The van der Waals surface area contributed by atoms with Crippen LogP contribution >= 0.6 is 0 Å². The van der Waals surface area contributed by atoms with Crippen LogP contribution in [0.1, 0.15) is 26.7 Å². The zero-order valence-electron chi connectivity index (χ0n) is 10.6. The lowest BCUT2D eigenvalue weighted by molar-refractivity contribution is -0.147. The van der Waals surface area contributed by atoms with Gasteiger partial charge in [-0.15, -0.1) is 0 Å². The van der Waals surface area contributed by atoms with E-state index in [1.54, 1.807) is 19.9 Å². The van der Waals surface area contributed by atoms with Gasteiger partial charge in [-0.25, -0.2) is 0 Å². The van der Waals surface area contributed by atoms with Crippen molar-refractivity contribution in [3.63, 3.8) is 0 Å². The van der Waals surface area contributed by atoms with E-state index in [9.17, 15) is 9.59 Å². The van der Waals surface area contributed by atoms with Gasteiger partial charge in [0.2, 0.25) is 5.91 Å². The van der Waals surface area contributed by atoms with Crippen LogP contribution in [0.2, 0.25) is 0 Å². The van der Waals surface area contributed by atoms with E-state index in [1.807, 2.05) is 6.08 Å². The maximum atomic E-state index is 12.0. The zero-order valence-corrected chi connectivity index (χ0v) is 10.6. The van der Waals surface area contributed by atoms with E-state index in [4.69, 9.17) is 10.4 Å². The van der Waals surface area contributed by atoms with Gasteiger partial charge in [-0.2, -0.15) is 5.26 Å². The molecule has 2 N–H and O–H groups in total. The summed E-state index contributed by atoms with van der Waals surface area (Å²) in [6, 6.07) is 2.09. The minimum absolute atomic E-state index is 0.231. The van der Waals surface area contributed by atoms with Gasteiger partial charge in [0.1, 0.15) is 0 Å². The first kappa shape index (κ1) is 14.2. The largest absolute Gasteiger partial charge is 0.481 e. The molecule has 5 heteroatoms. The molecule has 0 spiro atoms. The number of aliphatic carboxylic acids is 1. The highest BCUT2D eigenvalue weighted by Crippen LogP contribution is 2.26. The molecular weight excluding hydrogens is 232 g/mol. The number of nitrogens with zero attached hydrogens (tertiary/aromatic N) is 1. The fourth-order valence-corrected chi connectivity index (χ4v) is 1.86. The summed E-state index contributed by atoms with van der Waals surface area (Å²) >= 11 is 0. The molecule has 0 fully saturated rings. The summed E-state index contributed by atoms with van der Waals surface area (Å²) in [6.07, 6.45) is 4.45. The minimum Gasteiger partial charge on any atom is -0.481 e. The normalized spacial score (nSPS) is 23.2. The molecule has 0 aromatic heterocycles. The van der Waals surface area contributed by atoms with E-state index >= 15 is 0 Å². The van der Waals surface area contributed by atoms with Crippen LogP contribution in [0.25, 0.3) is 0 Å². The third kappa shape index (κ3) is 3.59. The molecule has 0 aromatic carbocycles. The maximum absolute atomic E-state index is 12.0. The third-order valence-corrected chi connectivity index (χ3v) is 3.09. The summed E-state index contributed by atoms with van der Waals surface area (Å²) in [5.74, 6) is -2.43. The first-order valence-electron chi connectivity index (χ1n) is 5.94. The Labute approximate surface area is 106 Å². The molecule has 0 heterocycles. The second kappa shape index (κ2) is 5.67. The van der Waals surface area contributed by atoms with E-state index in [1.165, 1.54) is 0 Å². The number of carbonyl (C=O) groups is 2. The average Bonchev–Trinajstić information content (AvgIpc) is 2.36. The number of hydrogen-bond donors (Lipinski definition) is 2. The van der Waals surface area contributed by atoms with Gasteiger partial charge >= 0.3 is 5.97 Å². The molecule has 0 saturated carbocycles. The topological polar surface area (TPSA) is 90.2 Å². The monoisotopic (exact) mass is 250 g/mol. The van der Waals surface area contributed by atoms with Crippen molar-refractivity contribution in [2.45, 2.75) is 26.7 Å². The van der Waals surface area contributed by atoms with Crippen LogP contribution in [0.15, 0.2) is 12.2 Å². The lowest BCUT2D eigenvalue weighted by Crippen LogP contribution is -2.42. The number of nitriles is 1. The van der Waals surface area contributed by atoms with Crippen LogP contribution in [0.5, 0.6) is 0 Å². The molecule has 0 bridgehead atoms. The van der Waals surface area contributed by atoms with Crippen molar-refractivity contribution < 1.29 is 14.7 Å². The molecule has 1 rings (SSSR count). The lowest BCUT2D eigenvalue weighted by Gasteiger charge is -2.25. The van der Waals surface area contributed by atoms with Gasteiger partial charge in [-0.05, 0) is 26.7 Å². The van der Waals surface area contributed by atoms with Crippen LogP contribution in [-0.4, -0.2) is 23.5 Å². The maximum Gasteiger partial charge on any atom is 0.307 e. The minimum atomic E-state index is -0.945. The second-order valence-corrected chi connectivity index (χ2v) is 5.21. The molecule has 0 saturated heterocycles. The van der Waals surface area contributed by atoms with Crippen molar-refractivity contribution in [2.24, 2.45) is 17.3 Å². The fraction of sp³-hybridized carbons (Fsp3) is 0.615. The van der Waals surface area contributed by atoms with Crippen molar-refractivity contribution >= 4 is 11.9 Å². The highest BCUT2D eigenvalue weighted by atomic mass is 16.4. The highest BCUT2D eigenvalue weighted by molar-refractivity contribution is 5.85. The summed E-state index contributed by atoms with van der Waals surface area (Å²) in [5, 5.41) is 20.6. The van der Waals surface area contributed by atoms with Crippen LogP contribution in [0.3, 0.4) is 0 Å². The molecule has 1 amide bonds. The number of carboxylic acids is 1. The quantitative estimate of drug-likeness (QED) is 0.736. The Morgan fingerprint density at radius 2 is 1.94 bits per heavy atom. The molecular formula is C13H18N2O3. The fourth-order valence-electron chi connectivity index (χ4n) is 1.86. The predicted octanol–water partition coefficient (Wildman–Crippen LogP) is 1.32. The summed E-state index contributed by atoms with van der Waals surface area (Å²) in [4.78, 5) is 23.0. The summed E-state index contributed by atoms with van der Waals surface area (Å²) < 4.78 is 0. The molecule has 0 unspecified atom stereocenters. The van der Waals surface area contributed by atoms with Crippen LogP contribution in [0.4, 0.5) is 0 Å². The SMILES string of the molecule is CC(C)(C#N)CNC(=O)[C@@H]1CC=CC[C@@H]1C(=O)O. The zero-order chi connectivity index (χ0) is 13.8. The standard InChI is InChI=1S/C13H18N2O3/c1-13(2,7-14)8-15-11(16)9-5-3-4-6-10(9)12(17)18/h3-4,9-10H,5-6,8H2,1-2H3,(H,15,16)(H,17,18)/t9-,10+/m1/s1. The van der Waals surface area contributed by atoms with Crippen LogP contribution in [0, 0.1) is 28.6 Å². The average molecular weight is 250 g/mol. The summed E-state index contributed by atoms with van der Waals surface area (Å²) in [6.45, 7) is 3.68. The molecule has 5 nitrogen and oxygen atoms in total. The van der Waals surface area contributed by atoms with Gasteiger partial charge in [-0.3, -0.25) is 9.59 Å². The smallest absolute Gasteiger partial charge is 0.307 e. The second-order valence-electron chi connectivity index (χ2n) is 5.21. The van der Waals surface area contributed by atoms with Crippen molar-refractivity contribution in [1.29, 1.82) is 5.26 Å². The van der Waals surface area contributed by atoms with Crippen molar-refractivity contribution in [3.8, 4) is 6.07 Å².